The van der Waals surface area contributed by atoms with Crippen LogP contribution in [0.25, 0.3) is 87.6 Å². The van der Waals surface area contributed by atoms with E-state index in [2.05, 4.69) is 206 Å². The lowest BCUT2D eigenvalue weighted by molar-refractivity contribution is 0.669. The van der Waals surface area contributed by atoms with Gasteiger partial charge < -0.3 is 4.42 Å². The van der Waals surface area contributed by atoms with Gasteiger partial charge in [0, 0.05) is 10.8 Å². The molecule has 0 spiro atoms. The Bertz CT molecular complexity index is 3310. The van der Waals surface area contributed by atoms with Crippen LogP contribution < -0.4 is 0 Å². The molecule has 0 N–H and O–H groups in total. The fraction of sp³-hybridized carbons (Fsp3) is 0.0182. The Morgan fingerprint density at radius 2 is 0.911 bits per heavy atom. The van der Waals surface area contributed by atoms with Crippen LogP contribution in [-0.2, 0) is 5.41 Å². The van der Waals surface area contributed by atoms with Crippen molar-refractivity contribution in [3.63, 3.8) is 0 Å². The third kappa shape index (κ3) is 4.43. The molecule has 1 aromatic heterocycles. The lowest BCUT2D eigenvalue weighted by Gasteiger charge is -2.34. The summed E-state index contributed by atoms with van der Waals surface area (Å²) in [6.45, 7) is 0. The van der Waals surface area contributed by atoms with Crippen LogP contribution in [0.1, 0.15) is 22.3 Å². The Labute approximate surface area is 324 Å². The number of fused-ring (bicyclic) bond motifs is 9. The number of furan rings is 1. The first kappa shape index (κ1) is 31.2. The van der Waals surface area contributed by atoms with Crippen molar-refractivity contribution in [2.75, 3.05) is 0 Å². The molecule has 10 aromatic carbocycles. The average Bonchev–Trinajstić information content (AvgIpc) is 3.77. The SMILES string of the molecule is c1ccc(C2(c3ccccc3)c3cc4ccccc4cc3-c3c(-c4ccc5ccccc5c4)cc(-c4cccc5oc6cc7ccccc7cc6c45)cc32)cc1. The van der Waals surface area contributed by atoms with E-state index in [1.54, 1.807) is 0 Å². The quantitative estimate of drug-likeness (QED) is 0.177. The molecule has 0 saturated carbocycles. The Balaban J connectivity index is 1.26. The standard InChI is InChI=1S/C55H34O/c1-3-20-43(21-4-1)55(44-22-5-2-6-23-44)49-32-39-18-11-9-16-37(39)29-47(49)53-46(41-27-26-35-14-7-8-15-36(35)28-41)31-42(33-50(53)55)45-24-13-25-51-54(45)48-30-38-17-10-12-19-40(38)34-52(48)56-51/h1-34H. The first-order chi connectivity index (χ1) is 27.7. The van der Waals surface area contributed by atoms with Gasteiger partial charge in [0.2, 0.25) is 0 Å². The van der Waals surface area contributed by atoms with Crippen molar-refractivity contribution in [2.24, 2.45) is 0 Å². The van der Waals surface area contributed by atoms with Crippen LogP contribution in [0.5, 0.6) is 0 Å². The van der Waals surface area contributed by atoms with Gasteiger partial charge >= 0.3 is 0 Å². The summed E-state index contributed by atoms with van der Waals surface area (Å²) in [4.78, 5) is 0. The molecule has 1 aliphatic carbocycles. The van der Waals surface area contributed by atoms with Crippen LogP contribution in [0.3, 0.4) is 0 Å². The van der Waals surface area contributed by atoms with Crippen molar-refractivity contribution in [1.82, 2.24) is 0 Å². The molecule has 0 atom stereocenters. The molecule has 0 fully saturated rings. The van der Waals surface area contributed by atoms with Gasteiger partial charge in [-0.05, 0) is 136 Å². The summed E-state index contributed by atoms with van der Waals surface area (Å²) in [6.07, 6.45) is 0. The molecule has 11 aromatic rings. The predicted molar refractivity (Wildman–Crippen MR) is 234 cm³/mol. The maximum Gasteiger partial charge on any atom is 0.136 e. The average molecular weight is 711 g/mol. The molecular formula is C55H34O. The Kier molecular flexibility index (Phi) is 6.62. The van der Waals surface area contributed by atoms with Gasteiger partial charge in [0.05, 0.1) is 5.41 Å². The van der Waals surface area contributed by atoms with Gasteiger partial charge in [-0.3, -0.25) is 0 Å². The highest BCUT2D eigenvalue weighted by atomic mass is 16.3. The highest BCUT2D eigenvalue weighted by molar-refractivity contribution is 6.16. The minimum atomic E-state index is -0.582. The maximum absolute atomic E-state index is 6.65. The van der Waals surface area contributed by atoms with Crippen LogP contribution in [0, 0.1) is 0 Å². The maximum atomic E-state index is 6.65. The van der Waals surface area contributed by atoms with Gasteiger partial charge in [0.15, 0.2) is 0 Å². The first-order valence-corrected chi connectivity index (χ1v) is 19.4. The molecule has 1 aliphatic rings. The second-order valence-electron chi connectivity index (χ2n) is 15.2. The Morgan fingerprint density at radius 3 is 1.61 bits per heavy atom. The normalized spacial score (nSPS) is 13.1. The number of rotatable bonds is 4. The minimum Gasteiger partial charge on any atom is -0.456 e. The molecular weight excluding hydrogens is 677 g/mol. The van der Waals surface area contributed by atoms with E-state index in [4.69, 9.17) is 4.42 Å². The van der Waals surface area contributed by atoms with Gasteiger partial charge in [-0.2, -0.15) is 0 Å². The molecule has 12 rings (SSSR count). The summed E-state index contributed by atoms with van der Waals surface area (Å²) in [6, 6.07) is 76.2. The molecule has 0 aliphatic heterocycles. The molecule has 0 saturated heterocycles. The number of hydrogen-bond donors (Lipinski definition) is 0. The van der Waals surface area contributed by atoms with Crippen LogP contribution in [0.4, 0.5) is 0 Å². The predicted octanol–water partition coefficient (Wildman–Crippen LogP) is 14.7. The summed E-state index contributed by atoms with van der Waals surface area (Å²) in [7, 11) is 0. The van der Waals surface area contributed by atoms with E-state index < -0.39 is 5.41 Å². The minimum absolute atomic E-state index is 0.582. The van der Waals surface area contributed by atoms with Gasteiger partial charge in [0.25, 0.3) is 0 Å². The highest BCUT2D eigenvalue weighted by Gasteiger charge is 2.47. The zero-order valence-electron chi connectivity index (χ0n) is 30.5. The van der Waals surface area contributed by atoms with E-state index in [-0.39, 0.29) is 0 Å². The van der Waals surface area contributed by atoms with Crippen molar-refractivity contribution < 1.29 is 4.42 Å². The molecule has 0 unspecified atom stereocenters. The van der Waals surface area contributed by atoms with E-state index >= 15 is 0 Å². The van der Waals surface area contributed by atoms with Gasteiger partial charge in [-0.15, -0.1) is 0 Å². The lowest BCUT2D eigenvalue weighted by Crippen LogP contribution is -2.28. The lowest BCUT2D eigenvalue weighted by atomic mass is 9.67. The van der Waals surface area contributed by atoms with Crippen molar-refractivity contribution in [3.8, 4) is 33.4 Å². The monoisotopic (exact) mass is 710 g/mol. The van der Waals surface area contributed by atoms with E-state index in [1.807, 2.05) is 0 Å². The van der Waals surface area contributed by atoms with Crippen molar-refractivity contribution in [1.29, 1.82) is 0 Å². The van der Waals surface area contributed by atoms with E-state index in [1.165, 1.54) is 82.4 Å². The van der Waals surface area contributed by atoms with Crippen LogP contribution in [-0.4, -0.2) is 0 Å². The molecule has 260 valence electrons. The fourth-order valence-electron chi connectivity index (χ4n) is 9.79. The zero-order chi connectivity index (χ0) is 36.8. The number of hydrogen-bond acceptors (Lipinski definition) is 1. The van der Waals surface area contributed by atoms with Gasteiger partial charge in [-0.1, -0.05) is 158 Å². The second-order valence-corrected chi connectivity index (χ2v) is 15.2. The highest BCUT2D eigenvalue weighted by Crippen LogP contribution is 2.60. The molecule has 0 radical (unpaired) electrons. The van der Waals surface area contributed by atoms with Crippen LogP contribution in [0.15, 0.2) is 211 Å². The summed E-state index contributed by atoms with van der Waals surface area (Å²) < 4.78 is 6.65. The molecule has 0 bridgehead atoms. The first-order valence-electron chi connectivity index (χ1n) is 19.4. The molecule has 56 heavy (non-hydrogen) atoms. The Morgan fingerprint density at radius 1 is 0.321 bits per heavy atom. The summed E-state index contributed by atoms with van der Waals surface area (Å²) in [5.74, 6) is 0. The third-order valence-electron chi connectivity index (χ3n) is 12.3. The second kappa shape index (κ2) is 11.9. The summed E-state index contributed by atoms with van der Waals surface area (Å²) >= 11 is 0. The largest absolute Gasteiger partial charge is 0.456 e. The molecule has 1 nitrogen and oxygen atoms in total. The topological polar surface area (TPSA) is 13.1 Å². The number of benzene rings is 10. The molecule has 1 heterocycles. The molecule has 1 heteroatoms. The van der Waals surface area contributed by atoms with Crippen LogP contribution in [0.2, 0.25) is 0 Å². The van der Waals surface area contributed by atoms with E-state index in [0.29, 0.717) is 0 Å². The van der Waals surface area contributed by atoms with E-state index in [9.17, 15) is 0 Å². The summed E-state index contributed by atoms with van der Waals surface area (Å²) in [5.41, 5.74) is 13.6. The summed E-state index contributed by atoms with van der Waals surface area (Å²) in [5, 5.41) is 9.61. The third-order valence-corrected chi connectivity index (χ3v) is 12.3. The van der Waals surface area contributed by atoms with Crippen molar-refractivity contribution >= 4 is 54.3 Å². The Hall–Kier alpha value is -7.22. The van der Waals surface area contributed by atoms with Gasteiger partial charge in [-0.25, -0.2) is 0 Å². The molecule has 0 amide bonds. The fourth-order valence-corrected chi connectivity index (χ4v) is 9.79. The zero-order valence-corrected chi connectivity index (χ0v) is 30.5. The van der Waals surface area contributed by atoms with Crippen molar-refractivity contribution in [3.05, 3.63) is 229 Å². The van der Waals surface area contributed by atoms with Crippen LogP contribution >= 0.6 is 0 Å². The smallest absolute Gasteiger partial charge is 0.136 e. The van der Waals surface area contributed by atoms with Gasteiger partial charge in [0.1, 0.15) is 11.2 Å². The van der Waals surface area contributed by atoms with E-state index in [0.717, 1.165) is 27.5 Å². The van der Waals surface area contributed by atoms with Crippen molar-refractivity contribution in [2.45, 2.75) is 5.41 Å².